The van der Waals surface area contributed by atoms with Crippen LogP contribution in [0, 0.1) is 0 Å². The molecule has 0 radical (unpaired) electrons. The Balaban J connectivity index is 1.68. The van der Waals surface area contributed by atoms with Gasteiger partial charge in [0, 0.05) is 30.0 Å². The molecule has 2 unspecified atom stereocenters. The number of Topliss-reactive ketones (excluding diaryl/α,β-unsaturated/α-hetero) is 1. The molecule has 1 amide bonds. The van der Waals surface area contributed by atoms with E-state index >= 15 is 0 Å². The van der Waals surface area contributed by atoms with Crippen molar-refractivity contribution >= 4 is 23.1 Å². The van der Waals surface area contributed by atoms with Gasteiger partial charge in [-0.2, -0.15) is 0 Å². The van der Waals surface area contributed by atoms with E-state index in [9.17, 15) is 9.59 Å². The van der Waals surface area contributed by atoms with Crippen LogP contribution >= 0.6 is 0 Å². The van der Waals surface area contributed by atoms with E-state index in [0.29, 0.717) is 31.4 Å². The van der Waals surface area contributed by atoms with Gasteiger partial charge in [-0.25, -0.2) is 0 Å². The van der Waals surface area contributed by atoms with E-state index in [2.05, 4.69) is 5.32 Å². The molecule has 1 aliphatic carbocycles. The first kappa shape index (κ1) is 24.6. The summed E-state index contributed by atoms with van der Waals surface area (Å²) in [4.78, 5) is 29.3. The van der Waals surface area contributed by atoms with E-state index in [-0.39, 0.29) is 17.6 Å². The van der Waals surface area contributed by atoms with Gasteiger partial charge in [-0.05, 0) is 54.8 Å². The van der Waals surface area contributed by atoms with Gasteiger partial charge < -0.3 is 14.8 Å². The molecule has 0 bridgehead atoms. The Kier molecular flexibility index (Phi) is 6.99. The SMILES string of the molecule is CCOc1ccccc1C1CC(=O)C2=C(C1)Nc1ccccc1N(C(=O)CC)C2c1ccc(OC)cc1. The Bertz CT molecular complexity index is 1350. The van der Waals surface area contributed by atoms with Gasteiger partial charge in [-0.3, -0.25) is 14.5 Å². The van der Waals surface area contributed by atoms with Crippen molar-refractivity contribution in [1.29, 1.82) is 0 Å². The van der Waals surface area contributed by atoms with E-state index in [4.69, 9.17) is 9.47 Å². The number of methoxy groups -OCH3 is 1. The molecule has 0 spiro atoms. The van der Waals surface area contributed by atoms with Crippen molar-refractivity contribution in [1.82, 2.24) is 0 Å². The summed E-state index contributed by atoms with van der Waals surface area (Å²) in [5.41, 5.74) is 4.99. The number of hydrogen-bond acceptors (Lipinski definition) is 5. The molecular formula is C31H32N2O4. The number of carbonyl (C=O) groups is 2. The highest BCUT2D eigenvalue weighted by Crippen LogP contribution is 2.48. The van der Waals surface area contributed by atoms with Gasteiger partial charge in [0.1, 0.15) is 11.5 Å². The number of allylic oxidation sites excluding steroid dienone is 1. The van der Waals surface area contributed by atoms with Crippen molar-refractivity contribution in [3.63, 3.8) is 0 Å². The number of amides is 1. The molecule has 1 N–H and O–H groups in total. The van der Waals surface area contributed by atoms with E-state index in [0.717, 1.165) is 39.7 Å². The first-order chi connectivity index (χ1) is 18.0. The van der Waals surface area contributed by atoms with Crippen molar-refractivity contribution in [2.45, 2.75) is 45.1 Å². The normalized spacial score (nSPS) is 18.9. The molecule has 6 heteroatoms. The number of carbonyl (C=O) groups excluding carboxylic acids is 2. The molecule has 1 heterocycles. The van der Waals surface area contributed by atoms with Gasteiger partial charge in [0.05, 0.1) is 31.1 Å². The third kappa shape index (κ3) is 4.59. The summed E-state index contributed by atoms with van der Waals surface area (Å²) in [6, 6.07) is 22.8. The van der Waals surface area contributed by atoms with Crippen LogP contribution in [0.3, 0.4) is 0 Å². The van der Waals surface area contributed by atoms with Crippen LogP contribution in [-0.2, 0) is 9.59 Å². The average Bonchev–Trinajstić information content (AvgIpc) is 3.08. The minimum atomic E-state index is -0.542. The fourth-order valence-electron chi connectivity index (χ4n) is 5.46. The molecule has 5 rings (SSSR count). The second-order valence-corrected chi connectivity index (χ2v) is 9.33. The highest BCUT2D eigenvalue weighted by atomic mass is 16.5. The minimum absolute atomic E-state index is 0.0291. The van der Waals surface area contributed by atoms with Gasteiger partial charge in [-0.15, -0.1) is 0 Å². The maximum atomic E-state index is 14.0. The van der Waals surface area contributed by atoms with Crippen LogP contribution in [0.1, 0.15) is 56.2 Å². The summed E-state index contributed by atoms with van der Waals surface area (Å²) in [6.45, 7) is 4.38. The summed E-state index contributed by atoms with van der Waals surface area (Å²) in [5, 5.41) is 3.57. The number of ether oxygens (including phenoxy) is 2. The third-order valence-electron chi connectivity index (χ3n) is 7.15. The Labute approximate surface area is 217 Å². The first-order valence-corrected chi connectivity index (χ1v) is 12.9. The van der Waals surface area contributed by atoms with Gasteiger partial charge in [0.2, 0.25) is 5.91 Å². The molecule has 37 heavy (non-hydrogen) atoms. The van der Waals surface area contributed by atoms with Crippen LogP contribution in [0.25, 0.3) is 0 Å². The summed E-state index contributed by atoms with van der Waals surface area (Å²) in [5.74, 6) is 1.50. The molecule has 1 aliphatic heterocycles. The molecular weight excluding hydrogens is 464 g/mol. The summed E-state index contributed by atoms with van der Waals surface area (Å²) < 4.78 is 11.3. The highest BCUT2D eigenvalue weighted by molar-refractivity contribution is 6.06. The molecule has 190 valence electrons. The Morgan fingerprint density at radius 2 is 1.70 bits per heavy atom. The van der Waals surface area contributed by atoms with Gasteiger partial charge >= 0.3 is 0 Å². The molecule has 3 aromatic carbocycles. The maximum Gasteiger partial charge on any atom is 0.227 e. The zero-order valence-corrected chi connectivity index (χ0v) is 21.5. The number of nitrogens with one attached hydrogen (secondary N) is 1. The van der Waals surface area contributed by atoms with E-state index in [1.165, 1.54) is 0 Å². The van der Waals surface area contributed by atoms with E-state index in [1.54, 1.807) is 12.0 Å². The molecule has 0 fully saturated rings. The Hall–Kier alpha value is -4.06. The van der Waals surface area contributed by atoms with Gasteiger partial charge in [0.25, 0.3) is 0 Å². The van der Waals surface area contributed by atoms with Crippen LogP contribution < -0.4 is 19.7 Å². The second kappa shape index (κ2) is 10.5. The molecule has 6 nitrogen and oxygen atoms in total. The minimum Gasteiger partial charge on any atom is -0.497 e. The van der Waals surface area contributed by atoms with Crippen molar-refractivity contribution in [3.8, 4) is 11.5 Å². The number of nitrogens with zero attached hydrogens (tertiary/aromatic N) is 1. The molecule has 0 saturated heterocycles. The average molecular weight is 497 g/mol. The van der Waals surface area contributed by atoms with Crippen molar-refractivity contribution in [3.05, 3.63) is 95.2 Å². The highest BCUT2D eigenvalue weighted by Gasteiger charge is 2.41. The number of hydrogen-bond donors (Lipinski definition) is 1. The first-order valence-electron chi connectivity index (χ1n) is 12.9. The van der Waals surface area contributed by atoms with Crippen LogP contribution in [0.15, 0.2) is 84.1 Å². The third-order valence-corrected chi connectivity index (χ3v) is 7.15. The topological polar surface area (TPSA) is 67.9 Å². The van der Waals surface area contributed by atoms with Crippen molar-refractivity contribution < 1.29 is 19.1 Å². The predicted molar refractivity (Wildman–Crippen MR) is 145 cm³/mol. The van der Waals surface area contributed by atoms with Crippen molar-refractivity contribution in [2.24, 2.45) is 0 Å². The lowest BCUT2D eigenvalue weighted by atomic mass is 9.78. The largest absolute Gasteiger partial charge is 0.497 e. The molecule has 0 aromatic heterocycles. The summed E-state index contributed by atoms with van der Waals surface area (Å²) in [7, 11) is 1.62. The monoisotopic (exact) mass is 496 g/mol. The summed E-state index contributed by atoms with van der Waals surface area (Å²) in [6.07, 6.45) is 1.31. The lowest BCUT2D eigenvalue weighted by molar-refractivity contribution is -0.119. The van der Waals surface area contributed by atoms with Crippen LogP contribution in [0.5, 0.6) is 11.5 Å². The predicted octanol–water partition coefficient (Wildman–Crippen LogP) is 6.40. The Morgan fingerprint density at radius 1 is 0.973 bits per heavy atom. The fraction of sp³-hybridized carbons (Fsp3) is 0.290. The lowest BCUT2D eigenvalue weighted by Crippen LogP contribution is -2.38. The fourth-order valence-corrected chi connectivity index (χ4v) is 5.46. The number of para-hydroxylation sites is 3. The number of ketones is 1. The number of anilines is 2. The van der Waals surface area contributed by atoms with Crippen LogP contribution in [0.2, 0.25) is 0 Å². The zero-order valence-electron chi connectivity index (χ0n) is 21.5. The lowest BCUT2D eigenvalue weighted by Gasteiger charge is -2.35. The number of benzene rings is 3. The van der Waals surface area contributed by atoms with Crippen LogP contribution in [-0.4, -0.2) is 25.4 Å². The number of rotatable bonds is 6. The standard InChI is InChI=1S/C31H32N2O4/c1-4-29(35)33-26-12-8-7-11-24(26)32-25-18-21(23-10-6-9-13-28(23)37-5-2)19-27(34)30(25)31(33)20-14-16-22(36-3)17-15-20/h6-17,21,31-32H,4-5,18-19H2,1-3H3. The molecule has 2 atom stereocenters. The van der Waals surface area contributed by atoms with E-state index in [1.807, 2.05) is 86.6 Å². The number of fused-ring (bicyclic) bond motifs is 1. The molecule has 2 aliphatic rings. The molecule has 0 saturated carbocycles. The summed E-state index contributed by atoms with van der Waals surface area (Å²) >= 11 is 0. The van der Waals surface area contributed by atoms with Gasteiger partial charge in [-0.1, -0.05) is 49.4 Å². The quantitative estimate of drug-likeness (QED) is 0.427. The molecule has 3 aromatic rings. The smallest absolute Gasteiger partial charge is 0.227 e. The Morgan fingerprint density at radius 3 is 2.43 bits per heavy atom. The van der Waals surface area contributed by atoms with Crippen molar-refractivity contribution in [2.75, 3.05) is 23.9 Å². The van der Waals surface area contributed by atoms with E-state index < -0.39 is 6.04 Å². The maximum absolute atomic E-state index is 14.0. The zero-order chi connectivity index (χ0) is 25.9. The van der Waals surface area contributed by atoms with Crippen LogP contribution in [0.4, 0.5) is 11.4 Å². The second-order valence-electron chi connectivity index (χ2n) is 9.33. The van der Waals surface area contributed by atoms with Gasteiger partial charge in [0.15, 0.2) is 5.78 Å².